The third kappa shape index (κ3) is 4.05. The summed E-state index contributed by atoms with van der Waals surface area (Å²) < 4.78 is 11.1. The van der Waals surface area contributed by atoms with Crippen LogP contribution in [-0.4, -0.2) is 30.6 Å². The van der Waals surface area contributed by atoms with E-state index in [1.165, 1.54) is 0 Å². The molecule has 1 aliphatic heterocycles. The predicted octanol–water partition coefficient (Wildman–Crippen LogP) is 3.54. The third-order valence-electron chi connectivity index (χ3n) is 4.00. The van der Waals surface area contributed by atoms with E-state index in [2.05, 4.69) is 15.7 Å². The zero-order valence-electron chi connectivity index (χ0n) is 14.1. The van der Waals surface area contributed by atoms with Gasteiger partial charge in [-0.05, 0) is 35.6 Å². The molecule has 134 valence electrons. The number of amides is 1. The van der Waals surface area contributed by atoms with Gasteiger partial charge in [-0.2, -0.15) is 11.3 Å². The highest BCUT2D eigenvalue weighted by Gasteiger charge is 2.12. The summed E-state index contributed by atoms with van der Waals surface area (Å²) in [7, 11) is 0. The second kappa shape index (κ2) is 7.88. The third-order valence-corrected chi connectivity index (χ3v) is 5.63. The predicted molar refractivity (Wildman–Crippen MR) is 103 cm³/mol. The van der Waals surface area contributed by atoms with Crippen molar-refractivity contribution >= 4 is 28.6 Å². The molecule has 0 unspecified atom stereocenters. The fourth-order valence-electron chi connectivity index (χ4n) is 2.72. The second-order valence-electron chi connectivity index (χ2n) is 5.91. The molecule has 0 fully saturated rings. The maximum absolute atomic E-state index is 12.1. The lowest BCUT2D eigenvalue weighted by Crippen LogP contribution is -2.27. The van der Waals surface area contributed by atoms with Crippen LogP contribution in [0.4, 0.5) is 0 Å². The fourth-order valence-corrected chi connectivity index (χ4v) is 4.26. The SMILES string of the molecule is O=C(Cc1csc(-c2ccsc2)n1)NCCc1ccc2c(c1)OCCO2. The van der Waals surface area contributed by atoms with E-state index in [1.807, 2.05) is 35.0 Å². The van der Waals surface area contributed by atoms with Gasteiger partial charge in [0, 0.05) is 22.9 Å². The Hall–Kier alpha value is -2.38. The van der Waals surface area contributed by atoms with Gasteiger partial charge in [-0.1, -0.05) is 6.07 Å². The molecule has 4 rings (SSSR count). The van der Waals surface area contributed by atoms with Gasteiger partial charge in [0.1, 0.15) is 18.2 Å². The molecule has 0 saturated carbocycles. The monoisotopic (exact) mass is 386 g/mol. The first kappa shape index (κ1) is 17.1. The number of thiophene rings is 1. The quantitative estimate of drug-likeness (QED) is 0.704. The van der Waals surface area contributed by atoms with Crippen molar-refractivity contribution in [2.75, 3.05) is 19.8 Å². The number of nitrogens with zero attached hydrogens (tertiary/aromatic N) is 1. The number of hydrogen-bond donors (Lipinski definition) is 1. The molecule has 2 aromatic heterocycles. The summed E-state index contributed by atoms with van der Waals surface area (Å²) in [5, 5.41) is 9.97. The minimum Gasteiger partial charge on any atom is -0.486 e. The lowest BCUT2D eigenvalue weighted by atomic mass is 10.1. The number of carbonyl (C=O) groups is 1. The number of rotatable bonds is 6. The minimum atomic E-state index is -0.00953. The highest BCUT2D eigenvalue weighted by atomic mass is 32.1. The van der Waals surface area contributed by atoms with Gasteiger partial charge < -0.3 is 14.8 Å². The van der Waals surface area contributed by atoms with E-state index >= 15 is 0 Å². The van der Waals surface area contributed by atoms with Crippen molar-refractivity contribution in [1.29, 1.82) is 0 Å². The zero-order valence-corrected chi connectivity index (χ0v) is 15.7. The molecule has 0 aliphatic carbocycles. The van der Waals surface area contributed by atoms with Gasteiger partial charge in [0.2, 0.25) is 5.91 Å². The summed E-state index contributed by atoms with van der Waals surface area (Å²) in [4.78, 5) is 16.7. The topological polar surface area (TPSA) is 60.5 Å². The van der Waals surface area contributed by atoms with Crippen LogP contribution in [-0.2, 0) is 17.6 Å². The first-order valence-electron chi connectivity index (χ1n) is 8.40. The Kier molecular flexibility index (Phi) is 5.17. The number of hydrogen-bond acceptors (Lipinski definition) is 6. The molecule has 5 nitrogen and oxygen atoms in total. The van der Waals surface area contributed by atoms with Gasteiger partial charge in [0.05, 0.1) is 12.1 Å². The molecule has 3 heterocycles. The van der Waals surface area contributed by atoms with Crippen LogP contribution in [0.25, 0.3) is 10.6 Å². The first-order chi connectivity index (χ1) is 12.8. The van der Waals surface area contributed by atoms with E-state index in [1.54, 1.807) is 22.7 Å². The maximum atomic E-state index is 12.1. The largest absolute Gasteiger partial charge is 0.486 e. The number of carbonyl (C=O) groups excluding carboxylic acids is 1. The van der Waals surface area contributed by atoms with E-state index in [-0.39, 0.29) is 5.91 Å². The summed E-state index contributed by atoms with van der Waals surface area (Å²) >= 11 is 3.22. The van der Waals surface area contributed by atoms with Gasteiger partial charge >= 0.3 is 0 Å². The van der Waals surface area contributed by atoms with Crippen LogP contribution in [0.3, 0.4) is 0 Å². The summed E-state index contributed by atoms with van der Waals surface area (Å²) in [6, 6.07) is 7.95. The Balaban J connectivity index is 1.27. The lowest BCUT2D eigenvalue weighted by molar-refractivity contribution is -0.120. The molecule has 1 N–H and O–H groups in total. The molecule has 1 amide bonds. The molecule has 3 aromatic rings. The molecule has 0 atom stereocenters. The van der Waals surface area contributed by atoms with Gasteiger partial charge in [0.15, 0.2) is 11.5 Å². The van der Waals surface area contributed by atoms with Crippen LogP contribution in [0.15, 0.2) is 40.4 Å². The number of thiazole rings is 1. The van der Waals surface area contributed by atoms with Crippen molar-refractivity contribution in [2.24, 2.45) is 0 Å². The number of aromatic nitrogens is 1. The van der Waals surface area contributed by atoms with Crippen LogP contribution in [0.5, 0.6) is 11.5 Å². The van der Waals surface area contributed by atoms with Crippen molar-refractivity contribution in [2.45, 2.75) is 12.8 Å². The zero-order chi connectivity index (χ0) is 17.8. The average Bonchev–Trinajstić information content (AvgIpc) is 3.33. The van der Waals surface area contributed by atoms with E-state index in [4.69, 9.17) is 9.47 Å². The van der Waals surface area contributed by atoms with Crippen LogP contribution in [0.2, 0.25) is 0 Å². The van der Waals surface area contributed by atoms with Crippen molar-refractivity contribution < 1.29 is 14.3 Å². The summed E-state index contributed by atoms with van der Waals surface area (Å²) in [6.45, 7) is 1.75. The van der Waals surface area contributed by atoms with Crippen molar-refractivity contribution in [1.82, 2.24) is 10.3 Å². The van der Waals surface area contributed by atoms with Gasteiger partial charge in [-0.15, -0.1) is 11.3 Å². The Bertz CT molecular complexity index is 890. The molecule has 26 heavy (non-hydrogen) atoms. The van der Waals surface area contributed by atoms with E-state index in [0.717, 1.165) is 39.7 Å². The molecular weight excluding hydrogens is 368 g/mol. The van der Waals surface area contributed by atoms with Crippen molar-refractivity contribution in [3.05, 3.63) is 51.7 Å². The molecule has 0 saturated heterocycles. The van der Waals surface area contributed by atoms with E-state index in [9.17, 15) is 4.79 Å². The Labute approximate surface area is 159 Å². The Morgan fingerprint density at radius 2 is 2.04 bits per heavy atom. The standard InChI is InChI=1S/C19H18N2O3S2/c22-18(10-15-12-26-19(21-15)14-4-8-25-11-14)20-5-3-13-1-2-16-17(9-13)24-7-6-23-16/h1-2,4,8-9,11-12H,3,5-7,10H2,(H,20,22). The van der Waals surface area contributed by atoms with Gasteiger partial charge in [-0.3, -0.25) is 4.79 Å². The Morgan fingerprint density at radius 1 is 1.15 bits per heavy atom. The number of fused-ring (bicyclic) bond motifs is 1. The van der Waals surface area contributed by atoms with E-state index < -0.39 is 0 Å². The van der Waals surface area contributed by atoms with Crippen molar-refractivity contribution in [3.8, 4) is 22.1 Å². The summed E-state index contributed by atoms with van der Waals surface area (Å²) in [5.41, 5.74) is 3.04. The molecular formula is C19H18N2O3S2. The minimum absolute atomic E-state index is 0.00953. The van der Waals surface area contributed by atoms with Crippen LogP contribution in [0, 0.1) is 0 Å². The van der Waals surface area contributed by atoms with Crippen molar-refractivity contribution in [3.63, 3.8) is 0 Å². The molecule has 0 spiro atoms. The van der Waals surface area contributed by atoms with Gasteiger partial charge in [0.25, 0.3) is 0 Å². The Morgan fingerprint density at radius 3 is 2.88 bits per heavy atom. The maximum Gasteiger partial charge on any atom is 0.226 e. The van der Waals surface area contributed by atoms with Crippen LogP contribution in [0.1, 0.15) is 11.3 Å². The normalized spacial score (nSPS) is 12.8. The molecule has 0 bridgehead atoms. The van der Waals surface area contributed by atoms with Gasteiger partial charge in [-0.25, -0.2) is 4.98 Å². The summed E-state index contributed by atoms with van der Waals surface area (Å²) in [5.74, 6) is 1.56. The van der Waals surface area contributed by atoms with Crippen LogP contribution < -0.4 is 14.8 Å². The summed E-state index contributed by atoms with van der Waals surface area (Å²) in [6.07, 6.45) is 1.06. The average molecular weight is 386 g/mol. The molecule has 7 heteroatoms. The lowest BCUT2D eigenvalue weighted by Gasteiger charge is -2.18. The number of nitrogens with one attached hydrogen (secondary N) is 1. The number of ether oxygens (including phenoxy) is 2. The number of benzene rings is 1. The molecule has 0 radical (unpaired) electrons. The smallest absolute Gasteiger partial charge is 0.226 e. The molecule has 1 aliphatic rings. The van der Waals surface area contributed by atoms with E-state index in [0.29, 0.717) is 26.2 Å². The highest BCUT2D eigenvalue weighted by molar-refractivity contribution is 7.14. The second-order valence-corrected chi connectivity index (χ2v) is 7.55. The molecule has 1 aromatic carbocycles. The highest BCUT2D eigenvalue weighted by Crippen LogP contribution is 2.30. The first-order valence-corrected chi connectivity index (χ1v) is 10.2. The van der Waals surface area contributed by atoms with Crippen LogP contribution >= 0.6 is 22.7 Å². The fraction of sp³-hybridized carbons (Fsp3) is 0.263.